The van der Waals surface area contributed by atoms with E-state index in [9.17, 15) is 17.6 Å². The standard InChI is InChI=1S/C15H13F4N/c1-2-20-8-9-3-4-10(12(16)5-9)11-6-14(18)15(19)7-13(11)17/h3-7,20H,2,8H2,1H3. The quantitative estimate of drug-likeness (QED) is 0.660. The lowest BCUT2D eigenvalue weighted by atomic mass is 10.0. The molecule has 0 saturated heterocycles. The van der Waals surface area contributed by atoms with Gasteiger partial charge in [0.15, 0.2) is 11.6 Å². The van der Waals surface area contributed by atoms with Gasteiger partial charge in [-0.2, -0.15) is 0 Å². The Balaban J connectivity index is 2.41. The fraction of sp³-hybridized carbons (Fsp3) is 0.200. The van der Waals surface area contributed by atoms with E-state index in [1.54, 1.807) is 6.07 Å². The first-order chi connectivity index (χ1) is 9.52. The molecule has 2 aromatic rings. The summed E-state index contributed by atoms with van der Waals surface area (Å²) < 4.78 is 53.6. The van der Waals surface area contributed by atoms with E-state index in [1.807, 2.05) is 6.92 Å². The molecule has 2 aromatic carbocycles. The molecule has 20 heavy (non-hydrogen) atoms. The van der Waals surface area contributed by atoms with Crippen LogP contribution >= 0.6 is 0 Å². The van der Waals surface area contributed by atoms with Crippen LogP contribution in [-0.4, -0.2) is 6.54 Å². The van der Waals surface area contributed by atoms with Crippen molar-refractivity contribution in [2.45, 2.75) is 13.5 Å². The molecule has 0 amide bonds. The Hall–Kier alpha value is -1.88. The highest BCUT2D eigenvalue weighted by Crippen LogP contribution is 2.28. The van der Waals surface area contributed by atoms with E-state index >= 15 is 0 Å². The van der Waals surface area contributed by atoms with Gasteiger partial charge in [-0.1, -0.05) is 19.1 Å². The van der Waals surface area contributed by atoms with Crippen molar-refractivity contribution in [3.8, 4) is 11.1 Å². The van der Waals surface area contributed by atoms with Crippen molar-refractivity contribution in [1.29, 1.82) is 0 Å². The number of hydrogen-bond acceptors (Lipinski definition) is 1. The van der Waals surface area contributed by atoms with Gasteiger partial charge in [0, 0.05) is 23.7 Å². The van der Waals surface area contributed by atoms with Crippen LogP contribution in [0.2, 0.25) is 0 Å². The zero-order valence-corrected chi connectivity index (χ0v) is 10.8. The van der Waals surface area contributed by atoms with Crippen LogP contribution in [0, 0.1) is 23.3 Å². The van der Waals surface area contributed by atoms with Crippen LogP contribution in [0.15, 0.2) is 30.3 Å². The van der Waals surface area contributed by atoms with Gasteiger partial charge in [0.2, 0.25) is 0 Å². The minimum absolute atomic E-state index is 0.0957. The first-order valence-corrected chi connectivity index (χ1v) is 6.17. The highest BCUT2D eigenvalue weighted by atomic mass is 19.2. The molecule has 0 aliphatic heterocycles. The van der Waals surface area contributed by atoms with Gasteiger partial charge >= 0.3 is 0 Å². The lowest BCUT2D eigenvalue weighted by Crippen LogP contribution is -2.11. The Bertz CT molecular complexity index is 626. The van der Waals surface area contributed by atoms with E-state index in [1.165, 1.54) is 12.1 Å². The van der Waals surface area contributed by atoms with Gasteiger partial charge in [-0.15, -0.1) is 0 Å². The van der Waals surface area contributed by atoms with Crippen molar-refractivity contribution < 1.29 is 17.6 Å². The van der Waals surface area contributed by atoms with Crippen LogP contribution in [-0.2, 0) is 6.54 Å². The van der Waals surface area contributed by atoms with Crippen LogP contribution in [0.1, 0.15) is 12.5 Å². The molecule has 0 saturated carbocycles. The van der Waals surface area contributed by atoms with Crippen LogP contribution in [0.5, 0.6) is 0 Å². The van der Waals surface area contributed by atoms with Gasteiger partial charge < -0.3 is 5.32 Å². The average molecular weight is 283 g/mol. The third kappa shape index (κ3) is 2.99. The number of halogens is 4. The number of rotatable bonds is 4. The summed E-state index contributed by atoms with van der Waals surface area (Å²) in [4.78, 5) is 0. The summed E-state index contributed by atoms with van der Waals surface area (Å²) in [7, 11) is 0. The third-order valence-corrected chi connectivity index (χ3v) is 2.91. The maximum absolute atomic E-state index is 14.0. The first kappa shape index (κ1) is 14.5. The largest absolute Gasteiger partial charge is 0.313 e. The van der Waals surface area contributed by atoms with E-state index in [2.05, 4.69) is 5.32 Å². The zero-order chi connectivity index (χ0) is 14.7. The fourth-order valence-corrected chi connectivity index (χ4v) is 1.89. The molecule has 0 aliphatic rings. The van der Waals surface area contributed by atoms with E-state index < -0.39 is 23.3 Å². The predicted molar refractivity (Wildman–Crippen MR) is 69.1 cm³/mol. The van der Waals surface area contributed by atoms with Crippen molar-refractivity contribution >= 4 is 0 Å². The smallest absolute Gasteiger partial charge is 0.161 e. The van der Waals surface area contributed by atoms with Gasteiger partial charge in [-0.3, -0.25) is 0 Å². The maximum atomic E-state index is 14.0. The van der Waals surface area contributed by atoms with E-state index in [4.69, 9.17) is 0 Å². The lowest BCUT2D eigenvalue weighted by Gasteiger charge is -2.08. The first-order valence-electron chi connectivity index (χ1n) is 6.17. The van der Waals surface area contributed by atoms with Crippen molar-refractivity contribution in [1.82, 2.24) is 5.32 Å². The number of hydrogen-bond donors (Lipinski definition) is 1. The molecule has 0 unspecified atom stereocenters. The zero-order valence-electron chi connectivity index (χ0n) is 10.8. The van der Waals surface area contributed by atoms with E-state index in [0.717, 1.165) is 6.54 Å². The molecule has 0 fully saturated rings. The van der Waals surface area contributed by atoms with Crippen LogP contribution < -0.4 is 5.32 Å². The molecular weight excluding hydrogens is 270 g/mol. The number of nitrogens with one attached hydrogen (secondary N) is 1. The van der Waals surface area contributed by atoms with Crippen molar-refractivity contribution in [2.24, 2.45) is 0 Å². The molecule has 0 aromatic heterocycles. The minimum atomic E-state index is -1.30. The van der Waals surface area contributed by atoms with Crippen LogP contribution in [0.4, 0.5) is 17.6 Å². The lowest BCUT2D eigenvalue weighted by molar-refractivity contribution is 0.495. The van der Waals surface area contributed by atoms with Gasteiger partial charge in [-0.25, -0.2) is 17.6 Å². The van der Waals surface area contributed by atoms with Gasteiger partial charge in [-0.05, 0) is 24.2 Å². The average Bonchev–Trinajstić information content (AvgIpc) is 2.41. The summed E-state index contributed by atoms with van der Waals surface area (Å²) in [5, 5.41) is 3.03. The second-order valence-corrected chi connectivity index (χ2v) is 4.34. The van der Waals surface area contributed by atoms with Crippen molar-refractivity contribution in [2.75, 3.05) is 6.54 Å². The second kappa shape index (κ2) is 6.05. The van der Waals surface area contributed by atoms with Crippen molar-refractivity contribution in [3.63, 3.8) is 0 Å². The molecule has 5 heteroatoms. The molecular formula is C15H13F4N. The molecule has 1 N–H and O–H groups in total. The molecule has 1 nitrogen and oxygen atoms in total. The third-order valence-electron chi connectivity index (χ3n) is 2.91. The van der Waals surface area contributed by atoms with Gasteiger partial charge in [0.25, 0.3) is 0 Å². The Labute approximate surface area is 114 Å². The van der Waals surface area contributed by atoms with Gasteiger partial charge in [0.1, 0.15) is 11.6 Å². The van der Waals surface area contributed by atoms with Crippen molar-refractivity contribution in [3.05, 3.63) is 59.2 Å². The van der Waals surface area contributed by atoms with Crippen LogP contribution in [0.25, 0.3) is 11.1 Å². The monoisotopic (exact) mass is 283 g/mol. The molecule has 0 atom stereocenters. The summed E-state index contributed by atoms with van der Waals surface area (Å²) in [5.41, 5.74) is 0.300. The molecule has 0 bridgehead atoms. The maximum Gasteiger partial charge on any atom is 0.161 e. The summed E-state index contributed by atoms with van der Waals surface area (Å²) in [6.07, 6.45) is 0. The Morgan fingerprint density at radius 1 is 0.800 bits per heavy atom. The number of benzene rings is 2. The molecule has 0 heterocycles. The second-order valence-electron chi connectivity index (χ2n) is 4.34. The summed E-state index contributed by atoms with van der Waals surface area (Å²) in [6.45, 7) is 3.14. The van der Waals surface area contributed by atoms with E-state index in [-0.39, 0.29) is 11.1 Å². The normalized spacial score (nSPS) is 10.8. The molecule has 2 rings (SSSR count). The summed E-state index contributed by atoms with van der Waals surface area (Å²) >= 11 is 0. The fourth-order valence-electron chi connectivity index (χ4n) is 1.89. The molecule has 0 radical (unpaired) electrons. The summed E-state index contributed by atoms with van der Waals surface area (Å²) in [6, 6.07) is 5.29. The SMILES string of the molecule is CCNCc1ccc(-c2cc(F)c(F)cc2F)c(F)c1. The molecule has 106 valence electrons. The highest BCUT2D eigenvalue weighted by molar-refractivity contribution is 5.65. The Morgan fingerprint density at radius 2 is 1.45 bits per heavy atom. The Morgan fingerprint density at radius 3 is 2.10 bits per heavy atom. The Kier molecular flexibility index (Phi) is 4.39. The van der Waals surface area contributed by atoms with Gasteiger partial charge in [0.05, 0.1) is 0 Å². The van der Waals surface area contributed by atoms with E-state index in [0.29, 0.717) is 24.2 Å². The molecule has 0 aliphatic carbocycles. The summed E-state index contributed by atoms with van der Waals surface area (Å²) in [5.74, 6) is -4.18. The highest BCUT2D eigenvalue weighted by Gasteiger charge is 2.14. The minimum Gasteiger partial charge on any atom is -0.313 e. The van der Waals surface area contributed by atoms with Crippen LogP contribution in [0.3, 0.4) is 0 Å². The molecule has 0 spiro atoms. The topological polar surface area (TPSA) is 12.0 Å². The predicted octanol–water partition coefficient (Wildman–Crippen LogP) is 4.02.